The Morgan fingerprint density at radius 1 is 1.19 bits per heavy atom. The Balaban J connectivity index is 2.49. The van der Waals surface area contributed by atoms with Crippen LogP contribution >= 0.6 is 0 Å². The van der Waals surface area contributed by atoms with Gasteiger partial charge in [0.15, 0.2) is 5.78 Å². The number of para-hydroxylation sites is 2. The van der Waals surface area contributed by atoms with Crippen LogP contribution in [0, 0.1) is 5.41 Å². The number of ketones is 1. The standard InChI is InChI=1S/C20H25NO5/c1-20(2)11-15(22)19(16(23)12-20)14(9-10-18(24)26-4)21-13-7-5-6-8-17(13)25-3/h5-8,22H,9-12H2,1-4H3. The van der Waals surface area contributed by atoms with Crippen LogP contribution in [0.4, 0.5) is 5.69 Å². The van der Waals surface area contributed by atoms with Gasteiger partial charge in [0.05, 0.1) is 31.9 Å². The summed E-state index contributed by atoms with van der Waals surface area (Å²) in [5, 5.41) is 10.5. The molecule has 0 amide bonds. The van der Waals surface area contributed by atoms with E-state index in [9.17, 15) is 14.7 Å². The van der Waals surface area contributed by atoms with Crippen LogP contribution in [0.25, 0.3) is 0 Å². The second kappa shape index (κ2) is 8.17. The fourth-order valence-corrected chi connectivity index (χ4v) is 3.04. The Hall–Kier alpha value is -2.63. The first-order chi connectivity index (χ1) is 12.3. The summed E-state index contributed by atoms with van der Waals surface area (Å²) in [5.41, 5.74) is 0.813. The van der Waals surface area contributed by atoms with Crippen LogP contribution < -0.4 is 4.74 Å². The molecule has 0 atom stereocenters. The van der Waals surface area contributed by atoms with Gasteiger partial charge in [0.2, 0.25) is 0 Å². The summed E-state index contributed by atoms with van der Waals surface area (Å²) in [6.07, 6.45) is 0.959. The molecule has 0 bridgehead atoms. The fraction of sp³-hybridized carbons (Fsp3) is 0.450. The maximum Gasteiger partial charge on any atom is 0.305 e. The number of methoxy groups -OCH3 is 2. The van der Waals surface area contributed by atoms with Crippen molar-refractivity contribution >= 4 is 23.2 Å². The zero-order chi connectivity index (χ0) is 19.3. The number of benzene rings is 1. The SMILES string of the molecule is COC(=O)CCC(=Nc1ccccc1OC)C1=C(O)CC(C)(C)CC1=O. The van der Waals surface area contributed by atoms with E-state index in [1.807, 2.05) is 19.9 Å². The van der Waals surface area contributed by atoms with Gasteiger partial charge in [0.25, 0.3) is 0 Å². The molecule has 0 aliphatic heterocycles. The molecule has 2 rings (SSSR count). The van der Waals surface area contributed by atoms with E-state index in [-0.39, 0.29) is 35.4 Å². The number of hydrogen-bond acceptors (Lipinski definition) is 6. The highest BCUT2D eigenvalue weighted by molar-refractivity contribution is 6.24. The molecule has 1 aromatic rings. The van der Waals surface area contributed by atoms with Crippen molar-refractivity contribution in [2.45, 2.75) is 39.5 Å². The van der Waals surface area contributed by atoms with Gasteiger partial charge < -0.3 is 14.6 Å². The highest BCUT2D eigenvalue weighted by Gasteiger charge is 2.35. The first kappa shape index (κ1) is 19.7. The number of aliphatic hydroxyl groups is 1. The predicted octanol–water partition coefficient (Wildman–Crippen LogP) is 3.92. The fourth-order valence-electron chi connectivity index (χ4n) is 3.04. The third kappa shape index (κ3) is 4.71. The van der Waals surface area contributed by atoms with Gasteiger partial charge in [-0.05, 0) is 17.5 Å². The lowest BCUT2D eigenvalue weighted by molar-refractivity contribution is -0.140. The zero-order valence-electron chi connectivity index (χ0n) is 15.7. The average Bonchev–Trinajstić information content (AvgIpc) is 2.57. The second-order valence-corrected chi connectivity index (χ2v) is 7.07. The zero-order valence-corrected chi connectivity index (χ0v) is 15.7. The number of Topliss-reactive ketones (excluding diaryl/α,β-unsaturated/α-hetero) is 1. The minimum absolute atomic E-state index is 0.0183. The normalized spacial score (nSPS) is 17.2. The predicted molar refractivity (Wildman–Crippen MR) is 99.0 cm³/mol. The van der Waals surface area contributed by atoms with E-state index in [4.69, 9.17) is 4.74 Å². The van der Waals surface area contributed by atoms with E-state index in [1.165, 1.54) is 14.2 Å². The molecule has 26 heavy (non-hydrogen) atoms. The number of carbonyl (C=O) groups excluding carboxylic acids is 2. The van der Waals surface area contributed by atoms with Crippen molar-refractivity contribution in [2.75, 3.05) is 14.2 Å². The molecule has 0 fully saturated rings. The number of allylic oxidation sites excluding steroid dienone is 2. The number of aliphatic hydroxyl groups excluding tert-OH is 1. The number of carbonyl (C=O) groups is 2. The maximum atomic E-state index is 12.7. The lowest BCUT2D eigenvalue weighted by Crippen LogP contribution is -2.29. The Morgan fingerprint density at radius 2 is 1.88 bits per heavy atom. The van der Waals surface area contributed by atoms with Crippen LogP contribution in [0.15, 0.2) is 40.6 Å². The second-order valence-electron chi connectivity index (χ2n) is 7.07. The van der Waals surface area contributed by atoms with Crippen LogP contribution in [0.3, 0.4) is 0 Å². The Morgan fingerprint density at radius 3 is 2.50 bits per heavy atom. The van der Waals surface area contributed by atoms with Crippen molar-refractivity contribution in [1.82, 2.24) is 0 Å². The van der Waals surface area contributed by atoms with Crippen molar-refractivity contribution in [3.63, 3.8) is 0 Å². The lowest BCUT2D eigenvalue weighted by Gasteiger charge is -2.30. The summed E-state index contributed by atoms with van der Waals surface area (Å²) in [4.78, 5) is 28.8. The summed E-state index contributed by atoms with van der Waals surface area (Å²) in [7, 11) is 2.85. The number of hydrogen-bond donors (Lipinski definition) is 1. The molecule has 1 N–H and O–H groups in total. The molecule has 0 radical (unpaired) electrons. The van der Waals surface area contributed by atoms with Crippen molar-refractivity contribution in [3.8, 4) is 5.75 Å². The highest BCUT2D eigenvalue weighted by Crippen LogP contribution is 2.37. The van der Waals surface area contributed by atoms with E-state index >= 15 is 0 Å². The Kier molecular flexibility index (Phi) is 6.18. The molecular formula is C20H25NO5. The molecule has 0 unspecified atom stereocenters. The Bertz CT molecular complexity index is 761. The van der Waals surface area contributed by atoms with Crippen molar-refractivity contribution in [2.24, 2.45) is 10.4 Å². The summed E-state index contributed by atoms with van der Waals surface area (Å²) >= 11 is 0. The lowest BCUT2D eigenvalue weighted by atomic mass is 9.75. The third-order valence-electron chi connectivity index (χ3n) is 4.28. The smallest absolute Gasteiger partial charge is 0.305 e. The van der Waals surface area contributed by atoms with Crippen LogP contribution in [0.2, 0.25) is 0 Å². The molecule has 1 aliphatic carbocycles. The molecule has 0 saturated heterocycles. The van der Waals surface area contributed by atoms with Gasteiger partial charge in [-0.15, -0.1) is 0 Å². The minimum atomic E-state index is -0.401. The number of nitrogens with zero attached hydrogens (tertiary/aromatic N) is 1. The number of ether oxygens (including phenoxy) is 2. The molecule has 0 spiro atoms. The van der Waals surface area contributed by atoms with Crippen molar-refractivity contribution in [1.29, 1.82) is 0 Å². The van der Waals surface area contributed by atoms with Gasteiger partial charge in [0.1, 0.15) is 17.2 Å². The maximum absolute atomic E-state index is 12.7. The van der Waals surface area contributed by atoms with Crippen LogP contribution in [0.5, 0.6) is 5.75 Å². The topological polar surface area (TPSA) is 85.2 Å². The van der Waals surface area contributed by atoms with Gasteiger partial charge >= 0.3 is 5.97 Å². The minimum Gasteiger partial charge on any atom is -0.511 e. The summed E-state index contributed by atoms with van der Waals surface area (Å²) in [6, 6.07) is 7.14. The summed E-state index contributed by atoms with van der Waals surface area (Å²) in [6.45, 7) is 3.87. The van der Waals surface area contributed by atoms with Crippen molar-refractivity contribution < 1.29 is 24.2 Å². The van der Waals surface area contributed by atoms with Gasteiger partial charge in [-0.2, -0.15) is 0 Å². The molecule has 0 heterocycles. The average molecular weight is 359 g/mol. The molecule has 1 aromatic carbocycles. The van der Waals surface area contributed by atoms with E-state index in [0.29, 0.717) is 30.0 Å². The largest absolute Gasteiger partial charge is 0.511 e. The summed E-state index contributed by atoms with van der Waals surface area (Å²) in [5.74, 6) is -0.00446. The van der Waals surface area contributed by atoms with Gasteiger partial charge in [-0.3, -0.25) is 9.59 Å². The molecule has 0 saturated carbocycles. The number of rotatable bonds is 6. The monoisotopic (exact) mass is 359 g/mol. The molecule has 1 aliphatic rings. The molecule has 6 heteroatoms. The van der Waals surface area contributed by atoms with Gasteiger partial charge in [-0.25, -0.2) is 4.99 Å². The first-order valence-electron chi connectivity index (χ1n) is 8.50. The van der Waals surface area contributed by atoms with E-state index < -0.39 is 5.97 Å². The van der Waals surface area contributed by atoms with Gasteiger partial charge in [0, 0.05) is 19.3 Å². The molecule has 140 valence electrons. The quantitative estimate of drug-likeness (QED) is 0.614. The van der Waals surface area contributed by atoms with Gasteiger partial charge in [-0.1, -0.05) is 26.0 Å². The van der Waals surface area contributed by atoms with Crippen LogP contribution in [-0.4, -0.2) is 36.8 Å². The van der Waals surface area contributed by atoms with E-state index in [1.54, 1.807) is 18.2 Å². The highest BCUT2D eigenvalue weighted by atomic mass is 16.5. The van der Waals surface area contributed by atoms with Crippen LogP contribution in [-0.2, 0) is 14.3 Å². The third-order valence-corrected chi connectivity index (χ3v) is 4.28. The van der Waals surface area contributed by atoms with Crippen LogP contribution in [0.1, 0.15) is 39.5 Å². The molecular weight excluding hydrogens is 334 g/mol. The number of esters is 1. The molecule has 6 nitrogen and oxygen atoms in total. The Labute approximate surface area is 153 Å². The number of aliphatic imine (C=N–C) groups is 1. The molecule has 0 aromatic heterocycles. The van der Waals surface area contributed by atoms with Crippen molar-refractivity contribution in [3.05, 3.63) is 35.6 Å². The first-order valence-corrected chi connectivity index (χ1v) is 8.50. The summed E-state index contributed by atoms with van der Waals surface area (Å²) < 4.78 is 9.99. The van der Waals surface area contributed by atoms with E-state index in [0.717, 1.165) is 0 Å². The van der Waals surface area contributed by atoms with E-state index in [2.05, 4.69) is 9.73 Å².